The highest BCUT2D eigenvalue weighted by atomic mass is 15.2. The molecule has 1 aliphatic carbocycles. The van der Waals surface area contributed by atoms with Crippen molar-refractivity contribution in [3.05, 3.63) is 6.20 Å². The Kier molecular flexibility index (Phi) is 2.55. The molecular formula is C11H16N6. The van der Waals surface area contributed by atoms with Crippen LogP contribution in [-0.2, 0) is 0 Å². The van der Waals surface area contributed by atoms with E-state index in [4.69, 9.17) is 0 Å². The van der Waals surface area contributed by atoms with Gasteiger partial charge in [-0.2, -0.15) is 15.1 Å². The lowest BCUT2D eigenvalue weighted by Crippen LogP contribution is -2.09. The number of fused-ring (bicyclic) bond motifs is 1. The fourth-order valence-corrected chi connectivity index (χ4v) is 1.68. The van der Waals surface area contributed by atoms with Crippen LogP contribution in [0.3, 0.4) is 0 Å². The lowest BCUT2D eigenvalue weighted by Gasteiger charge is -2.08. The molecule has 1 aliphatic rings. The third-order valence-electron chi connectivity index (χ3n) is 2.76. The van der Waals surface area contributed by atoms with Gasteiger partial charge in [0.2, 0.25) is 5.95 Å². The third kappa shape index (κ3) is 2.15. The van der Waals surface area contributed by atoms with E-state index in [1.165, 1.54) is 12.8 Å². The van der Waals surface area contributed by atoms with E-state index in [9.17, 15) is 0 Å². The maximum Gasteiger partial charge on any atom is 0.226 e. The Morgan fingerprint density at radius 2 is 2.29 bits per heavy atom. The Bertz CT molecular complexity index is 516. The summed E-state index contributed by atoms with van der Waals surface area (Å²) in [6, 6.07) is 0.571. The Morgan fingerprint density at radius 3 is 3.06 bits per heavy atom. The van der Waals surface area contributed by atoms with Gasteiger partial charge in [-0.25, -0.2) is 0 Å². The molecule has 3 N–H and O–H groups in total. The van der Waals surface area contributed by atoms with E-state index in [1.54, 1.807) is 6.20 Å². The van der Waals surface area contributed by atoms with Crippen LogP contribution in [0.5, 0.6) is 0 Å². The molecular weight excluding hydrogens is 216 g/mol. The van der Waals surface area contributed by atoms with Gasteiger partial charge in [0.1, 0.15) is 5.82 Å². The molecule has 0 aromatic carbocycles. The molecule has 17 heavy (non-hydrogen) atoms. The Balaban J connectivity index is 1.94. The molecule has 0 saturated heterocycles. The van der Waals surface area contributed by atoms with E-state index in [1.807, 2.05) is 0 Å². The summed E-state index contributed by atoms with van der Waals surface area (Å²) in [5.41, 5.74) is 0.779. The number of aromatic nitrogens is 4. The molecule has 1 saturated carbocycles. The predicted molar refractivity (Wildman–Crippen MR) is 67.1 cm³/mol. The molecule has 2 aromatic heterocycles. The first kappa shape index (κ1) is 10.3. The number of H-pyrrole nitrogens is 1. The summed E-state index contributed by atoms with van der Waals surface area (Å²) < 4.78 is 0. The third-order valence-corrected chi connectivity index (χ3v) is 2.76. The predicted octanol–water partition coefficient (Wildman–Crippen LogP) is 1.75. The van der Waals surface area contributed by atoms with Crippen molar-refractivity contribution in [1.29, 1.82) is 0 Å². The standard InChI is InChI=1S/C11H16N6/c1-2-5-12-11-15-9(14-7-3-4-7)8-6-13-17-10(8)16-11/h6-7H,2-5H2,1H3,(H3,12,13,14,15,16,17). The zero-order valence-corrected chi connectivity index (χ0v) is 9.82. The van der Waals surface area contributed by atoms with E-state index in [0.29, 0.717) is 12.0 Å². The van der Waals surface area contributed by atoms with Crippen LogP contribution in [0.4, 0.5) is 11.8 Å². The van der Waals surface area contributed by atoms with Gasteiger partial charge in [-0.05, 0) is 19.3 Å². The molecule has 90 valence electrons. The van der Waals surface area contributed by atoms with Crippen molar-refractivity contribution >= 4 is 22.8 Å². The van der Waals surface area contributed by atoms with Crippen molar-refractivity contribution in [1.82, 2.24) is 20.2 Å². The molecule has 6 nitrogen and oxygen atoms in total. The molecule has 0 atom stereocenters. The highest BCUT2D eigenvalue weighted by Crippen LogP contribution is 2.27. The molecule has 2 heterocycles. The van der Waals surface area contributed by atoms with Crippen LogP contribution in [-0.4, -0.2) is 32.8 Å². The maximum atomic E-state index is 4.50. The van der Waals surface area contributed by atoms with Gasteiger partial charge in [0, 0.05) is 12.6 Å². The van der Waals surface area contributed by atoms with Crippen molar-refractivity contribution in [2.45, 2.75) is 32.2 Å². The number of hydrogen-bond donors (Lipinski definition) is 3. The van der Waals surface area contributed by atoms with Crippen LogP contribution in [0.15, 0.2) is 6.20 Å². The number of hydrogen-bond acceptors (Lipinski definition) is 5. The summed E-state index contributed by atoms with van der Waals surface area (Å²) in [4.78, 5) is 8.88. The minimum atomic E-state index is 0.571. The van der Waals surface area contributed by atoms with Gasteiger partial charge in [0.15, 0.2) is 5.65 Å². The zero-order chi connectivity index (χ0) is 11.7. The second kappa shape index (κ2) is 4.20. The molecule has 2 aromatic rings. The van der Waals surface area contributed by atoms with Gasteiger partial charge in [0.25, 0.3) is 0 Å². The van der Waals surface area contributed by atoms with Gasteiger partial charge in [-0.3, -0.25) is 5.10 Å². The molecule has 0 radical (unpaired) electrons. The van der Waals surface area contributed by atoms with E-state index >= 15 is 0 Å². The summed E-state index contributed by atoms with van der Waals surface area (Å²) >= 11 is 0. The van der Waals surface area contributed by atoms with Crippen molar-refractivity contribution in [3.8, 4) is 0 Å². The first-order valence-corrected chi connectivity index (χ1v) is 6.08. The lowest BCUT2D eigenvalue weighted by atomic mass is 10.4. The minimum absolute atomic E-state index is 0.571. The topological polar surface area (TPSA) is 78.5 Å². The van der Waals surface area contributed by atoms with Crippen LogP contribution in [0.25, 0.3) is 11.0 Å². The van der Waals surface area contributed by atoms with Crippen molar-refractivity contribution < 1.29 is 0 Å². The van der Waals surface area contributed by atoms with Gasteiger partial charge < -0.3 is 10.6 Å². The molecule has 0 unspecified atom stereocenters. The highest BCUT2D eigenvalue weighted by molar-refractivity contribution is 5.87. The fraction of sp³-hybridized carbons (Fsp3) is 0.545. The summed E-state index contributed by atoms with van der Waals surface area (Å²) in [6.45, 7) is 2.99. The molecule has 0 amide bonds. The zero-order valence-electron chi connectivity index (χ0n) is 9.82. The summed E-state index contributed by atoms with van der Waals surface area (Å²) in [5, 5.41) is 14.5. The van der Waals surface area contributed by atoms with Gasteiger partial charge >= 0.3 is 0 Å². The Morgan fingerprint density at radius 1 is 1.41 bits per heavy atom. The second-order valence-corrected chi connectivity index (χ2v) is 4.37. The molecule has 0 aliphatic heterocycles. The summed E-state index contributed by atoms with van der Waals surface area (Å²) in [6.07, 6.45) is 5.27. The van der Waals surface area contributed by atoms with E-state index in [0.717, 1.165) is 29.8 Å². The smallest absolute Gasteiger partial charge is 0.226 e. The summed E-state index contributed by atoms with van der Waals surface area (Å²) in [7, 11) is 0. The largest absolute Gasteiger partial charge is 0.367 e. The average molecular weight is 232 g/mol. The minimum Gasteiger partial charge on any atom is -0.367 e. The van der Waals surface area contributed by atoms with Crippen molar-refractivity contribution in [2.24, 2.45) is 0 Å². The van der Waals surface area contributed by atoms with Crippen LogP contribution in [0.1, 0.15) is 26.2 Å². The van der Waals surface area contributed by atoms with Crippen molar-refractivity contribution in [2.75, 3.05) is 17.2 Å². The lowest BCUT2D eigenvalue weighted by molar-refractivity contribution is 0.953. The molecule has 0 bridgehead atoms. The number of anilines is 2. The van der Waals surface area contributed by atoms with E-state index < -0.39 is 0 Å². The van der Waals surface area contributed by atoms with E-state index in [2.05, 4.69) is 37.7 Å². The second-order valence-electron chi connectivity index (χ2n) is 4.37. The number of rotatable bonds is 5. The van der Waals surface area contributed by atoms with Gasteiger partial charge in [-0.15, -0.1) is 0 Å². The average Bonchev–Trinajstić information content (AvgIpc) is 3.01. The van der Waals surface area contributed by atoms with E-state index in [-0.39, 0.29) is 0 Å². The fourth-order valence-electron chi connectivity index (χ4n) is 1.68. The molecule has 6 heteroatoms. The number of nitrogens with zero attached hydrogens (tertiary/aromatic N) is 3. The first-order valence-electron chi connectivity index (χ1n) is 6.08. The normalized spacial score (nSPS) is 15.1. The quantitative estimate of drug-likeness (QED) is 0.732. The Labute approximate surface area is 99.2 Å². The van der Waals surface area contributed by atoms with Gasteiger partial charge in [0.05, 0.1) is 11.6 Å². The SMILES string of the molecule is CCCNc1nc(NC2CC2)c2cn[nH]c2n1. The molecule has 3 rings (SSSR count). The van der Waals surface area contributed by atoms with Crippen LogP contribution < -0.4 is 10.6 Å². The molecule has 0 spiro atoms. The Hall–Kier alpha value is -1.85. The molecule has 1 fully saturated rings. The first-order chi connectivity index (χ1) is 8.36. The maximum absolute atomic E-state index is 4.50. The monoisotopic (exact) mass is 232 g/mol. The number of aromatic amines is 1. The summed E-state index contributed by atoms with van der Waals surface area (Å²) in [5.74, 6) is 1.54. The van der Waals surface area contributed by atoms with Crippen LogP contribution in [0, 0.1) is 0 Å². The highest BCUT2D eigenvalue weighted by Gasteiger charge is 2.23. The van der Waals surface area contributed by atoms with Crippen molar-refractivity contribution in [3.63, 3.8) is 0 Å². The van der Waals surface area contributed by atoms with Gasteiger partial charge in [-0.1, -0.05) is 6.92 Å². The van der Waals surface area contributed by atoms with Crippen LogP contribution >= 0.6 is 0 Å². The van der Waals surface area contributed by atoms with Crippen LogP contribution in [0.2, 0.25) is 0 Å². The number of nitrogens with one attached hydrogen (secondary N) is 3.